The summed E-state index contributed by atoms with van der Waals surface area (Å²) in [5.41, 5.74) is 1.12. The molecule has 1 amide bonds. The molecule has 0 N–H and O–H groups in total. The van der Waals surface area contributed by atoms with Gasteiger partial charge in [-0.3, -0.25) is 4.79 Å². The topological polar surface area (TPSA) is 37.4 Å². The first-order chi connectivity index (χ1) is 9.29. The maximum atomic E-state index is 12.1. The van der Waals surface area contributed by atoms with Crippen LogP contribution in [0.3, 0.4) is 0 Å². The van der Waals surface area contributed by atoms with Gasteiger partial charge in [0, 0.05) is 25.4 Å². The van der Waals surface area contributed by atoms with Gasteiger partial charge in [-0.05, 0) is 31.2 Å². The number of benzene rings is 1. The maximum Gasteiger partial charge on any atom is 0.223 e. The number of nitrogens with zero attached hydrogens (tertiary/aromatic N) is 1. The van der Waals surface area contributed by atoms with Crippen molar-refractivity contribution in [2.45, 2.75) is 32.1 Å². The molecule has 2 rings (SSSR count). The number of piperidine rings is 1. The Labute approximate surface area is 114 Å². The standard InChI is InChI=1S/C16H21NO2/c18-13-15(11-14-7-3-1-4-8-14)12-16(19)17-9-5-2-6-10-17/h1,3-4,7-8,13,15H,2,5-6,9-12H2. The van der Waals surface area contributed by atoms with Gasteiger partial charge >= 0.3 is 0 Å². The number of aldehydes is 1. The van der Waals surface area contributed by atoms with Crippen LogP contribution in [0.5, 0.6) is 0 Å². The van der Waals surface area contributed by atoms with Crippen LogP contribution in [0.25, 0.3) is 0 Å². The van der Waals surface area contributed by atoms with Gasteiger partial charge in [0.25, 0.3) is 0 Å². The van der Waals surface area contributed by atoms with Crippen LogP contribution in [0.15, 0.2) is 30.3 Å². The number of hydrogen-bond donors (Lipinski definition) is 0. The van der Waals surface area contributed by atoms with Gasteiger partial charge in [-0.15, -0.1) is 0 Å². The number of amides is 1. The van der Waals surface area contributed by atoms with Gasteiger partial charge < -0.3 is 9.69 Å². The van der Waals surface area contributed by atoms with Gasteiger partial charge in [-0.2, -0.15) is 0 Å². The van der Waals surface area contributed by atoms with E-state index >= 15 is 0 Å². The van der Waals surface area contributed by atoms with Gasteiger partial charge in [0.05, 0.1) is 0 Å². The number of likely N-dealkylation sites (tertiary alicyclic amines) is 1. The van der Waals surface area contributed by atoms with Gasteiger partial charge in [-0.1, -0.05) is 30.3 Å². The summed E-state index contributed by atoms with van der Waals surface area (Å²) in [6.07, 6.45) is 5.33. The molecule has 1 aromatic rings. The van der Waals surface area contributed by atoms with Crippen molar-refractivity contribution in [2.24, 2.45) is 5.92 Å². The van der Waals surface area contributed by atoms with E-state index in [1.807, 2.05) is 35.2 Å². The highest BCUT2D eigenvalue weighted by Crippen LogP contribution is 2.15. The molecule has 0 bridgehead atoms. The highest BCUT2D eigenvalue weighted by Gasteiger charge is 2.20. The summed E-state index contributed by atoms with van der Waals surface area (Å²) < 4.78 is 0. The second-order valence-corrected chi connectivity index (χ2v) is 5.23. The molecule has 1 unspecified atom stereocenters. The number of carbonyl (C=O) groups is 2. The Morgan fingerprint density at radius 1 is 1.16 bits per heavy atom. The van der Waals surface area contributed by atoms with Crippen molar-refractivity contribution >= 4 is 12.2 Å². The molecular formula is C16H21NO2. The van der Waals surface area contributed by atoms with Crippen LogP contribution in [0, 0.1) is 5.92 Å². The molecule has 1 atom stereocenters. The molecule has 1 heterocycles. The molecule has 3 heteroatoms. The van der Waals surface area contributed by atoms with Crippen molar-refractivity contribution < 1.29 is 9.59 Å². The average Bonchev–Trinajstić information content (AvgIpc) is 2.48. The lowest BCUT2D eigenvalue weighted by atomic mass is 9.96. The summed E-state index contributed by atoms with van der Waals surface area (Å²) in [6.45, 7) is 1.71. The van der Waals surface area contributed by atoms with Crippen molar-refractivity contribution in [3.8, 4) is 0 Å². The molecule has 1 fully saturated rings. The lowest BCUT2D eigenvalue weighted by Crippen LogP contribution is -2.36. The molecule has 0 aliphatic carbocycles. The third-order valence-corrected chi connectivity index (χ3v) is 3.68. The van der Waals surface area contributed by atoms with E-state index in [-0.39, 0.29) is 11.8 Å². The Morgan fingerprint density at radius 3 is 2.47 bits per heavy atom. The molecule has 19 heavy (non-hydrogen) atoms. The van der Waals surface area contributed by atoms with Crippen molar-refractivity contribution in [3.05, 3.63) is 35.9 Å². The Balaban J connectivity index is 1.88. The van der Waals surface area contributed by atoms with E-state index in [9.17, 15) is 9.59 Å². The Bertz CT molecular complexity index is 410. The fraction of sp³-hybridized carbons (Fsp3) is 0.500. The summed E-state index contributed by atoms with van der Waals surface area (Å²) in [5.74, 6) is -0.0652. The zero-order chi connectivity index (χ0) is 13.5. The second kappa shape index (κ2) is 7.07. The number of rotatable bonds is 5. The molecule has 0 aromatic heterocycles. The maximum absolute atomic E-state index is 12.1. The number of hydrogen-bond acceptors (Lipinski definition) is 2. The minimum absolute atomic E-state index is 0.132. The van der Waals surface area contributed by atoms with Crippen LogP contribution in [-0.4, -0.2) is 30.2 Å². The zero-order valence-corrected chi connectivity index (χ0v) is 11.3. The van der Waals surface area contributed by atoms with Crippen molar-refractivity contribution in [1.82, 2.24) is 4.90 Å². The quantitative estimate of drug-likeness (QED) is 0.762. The largest absolute Gasteiger partial charge is 0.343 e. The van der Waals surface area contributed by atoms with E-state index in [0.29, 0.717) is 12.8 Å². The van der Waals surface area contributed by atoms with Crippen molar-refractivity contribution in [2.75, 3.05) is 13.1 Å². The van der Waals surface area contributed by atoms with E-state index in [4.69, 9.17) is 0 Å². The van der Waals surface area contributed by atoms with Gasteiger partial charge in [0.15, 0.2) is 0 Å². The van der Waals surface area contributed by atoms with Crippen LogP contribution in [0.2, 0.25) is 0 Å². The molecule has 1 aromatic carbocycles. The van der Waals surface area contributed by atoms with Gasteiger partial charge in [0.1, 0.15) is 6.29 Å². The normalized spacial score (nSPS) is 16.9. The Morgan fingerprint density at radius 2 is 1.84 bits per heavy atom. The second-order valence-electron chi connectivity index (χ2n) is 5.23. The van der Waals surface area contributed by atoms with Crippen LogP contribution in [0.1, 0.15) is 31.2 Å². The van der Waals surface area contributed by atoms with E-state index in [0.717, 1.165) is 37.8 Å². The Hall–Kier alpha value is -1.64. The summed E-state index contributed by atoms with van der Waals surface area (Å²) in [6, 6.07) is 9.88. The first-order valence-corrected chi connectivity index (χ1v) is 7.06. The monoisotopic (exact) mass is 259 g/mol. The minimum Gasteiger partial charge on any atom is -0.343 e. The molecule has 0 spiro atoms. The van der Waals surface area contributed by atoms with Crippen LogP contribution in [0.4, 0.5) is 0 Å². The molecule has 1 aliphatic rings. The van der Waals surface area contributed by atoms with E-state index in [2.05, 4.69) is 0 Å². The highest BCUT2D eigenvalue weighted by atomic mass is 16.2. The van der Waals surface area contributed by atoms with Gasteiger partial charge in [-0.25, -0.2) is 0 Å². The lowest BCUT2D eigenvalue weighted by molar-refractivity contribution is -0.134. The third-order valence-electron chi connectivity index (χ3n) is 3.68. The SMILES string of the molecule is O=CC(CC(=O)N1CCCCC1)Cc1ccccc1. The van der Waals surface area contributed by atoms with E-state index in [1.54, 1.807) is 0 Å². The van der Waals surface area contributed by atoms with E-state index in [1.165, 1.54) is 6.42 Å². The average molecular weight is 259 g/mol. The summed E-state index contributed by atoms with van der Waals surface area (Å²) >= 11 is 0. The summed E-state index contributed by atoms with van der Waals surface area (Å²) in [5, 5.41) is 0. The smallest absolute Gasteiger partial charge is 0.223 e. The molecule has 3 nitrogen and oxygen atoms in total. The molecule has 1 saturated heterocycles. The van der Waals surface area contributed by atoms with Crippen LogP contribution in [-0.2, 0) is 16.0 Å². The van der Waals surface area contributed by atoms with Crippen LogP contribution < -0.4 is 0 Å². The first kappa shape index (κ1) is 13.8. The lowest BCUT2D eigenvalue weighted by Gasteiger charge is -2.27. The van der Waals surface area contributed by atoms with E-state index < -0.39 is 0 Å². The molecule has 102 valence electrons. The highest BCUT2D eigenvalue weighted by molar-refractivity contribution is 5.79. The molecule has 0 radical (unpaired) electrons. The fourth-order valence-electron chi connectivity index (χ4n) is 2.58. The Kier molecular flexibility index (Phi) is 5.13. The minimum atomic E-state index is -0.197. The molecule has 1 aliphatic heterocycles. The molecule has 0 saturated carbocycles. The zero-order valence-electron chi connectivity index (χ0n) is 11.3. The molecular weight excluding hydrogens is 238 g/mol. The van der Waals surface area contributed by atoms with Gasteiger partial charge in [0.2, 0.25) is 5.91 Å². The van der Waals surface area contributed by atoms with Crippen LogP contribution >= 0.6 is 0 Å². The summed E-state index contributed by atoms with van der Waals surface area (Å²) in [4.78, 5) is 25.2. The first-order valence-electron chi connectivity index (χ1n) is 7.06. The number of carbonyl (C=O) groups excluding carboxylic acids is 2. The summed E-state index contributed by atoms with van der Waals surface area (Å²) in [7, 11) is 0. The fourth-order valence-corrected chi connectivity index (χ4v) is 2.58. The third kappa shape index (κ3) is 4.19. The van der Waals surface area contributed by atoms with Crippen molar-refractivity contribution in [1.29, 1.82) is 0 Å². The van der Waals surface area contributed by atoms with Crippen molar-refractivity contribution in [3.63, 3.8) is 0 Å². The predicted molar refractivity (Wildman–Crippen MR) is 74.7 cm³/mol. The predicted octanol–water partition coefficient (Wildman–Crippen LogP) is 2.45.